The summed E-state index contributed by atoms with van der Waals surface area (Å²) in [6.45, 7) is -2.24. The van der Waals surface area contributed by atoms with Gasteiger partial charge in [-0.25, -0.2) is 4.99 Å². The van der Waals surface area contributed by atoms with Crippen molar-refractivity contribution in [3.63, 3.8) is 0 Å². The minimum absolute atomic E-state index is 0. The molecule has 0 spiro atoms. The maximum absolute atomic E-state index is 12.7. The summed E-state index contributed by atoms with van der Waals surface area (Å²) in [7, 11) is 3.34. The van der Waals surface area contributed by atoms with E-state index in [1.165, 1.54) is 11.0 Å². The van der Waals surface area contributed by atoms with Gasteiger partial charge >= 0.3 is 6.61 Å². The van der Waals surface area contributed by atoms with Crippen molar-refractivity contribution < 1.29 is 23.0 Å². The van der Waals surface area contributed by atoms with Crippen molar-refractivity contribution >= 4 is 35.8 Å². The van der Waals surface area contributed by atoms with Crippen LogP contribution >= 0.6 is 24.0 Å². The third-order valence-electron chi connectivity index (χ3n) is 4.77. The molecule has 32 heavy (non-hydrogen) atoms. The number of alkyl halides is 2. The number of fused-ring (bicyclic) bond motifs is 1. The van der Waals surface area contributed by atoms with E-state index >= 15 is 0 Å². The van der Waals surface area contributed by atoms with Gasteiger partial charge in [0.05, 0.1) is 25.7 Å². The molecule has 0 bridgehead atoms. The largest absolute Gasteiger partial charge is 0.493 e. The predicted octanol–water partition coefficient (Wildman–Crippen LogP) is 3.55. The molecular formula is C22H27F2IN4O3. The Kier molecular flexibility index (Phi) is 9.95. The third kappa shape index (κ3) is 7.21. The van der Waals surface area contributed by atoms with Gasteiger partial charge in [0.15, 0.2) is 5.96 Å². The molecule has 1 aliphatic rings. The molecule has 1 atom stereocenters. The molecule has 174 valence electrons. The Morgan fingerprint density at radius 3 is 2.69 bits per heavy atom. The van der Waals surface area contributed by atoms with Gasteiger partial charge in [0.2, 0.25) is 5.91 Å². The molecule has 0 fully saturated rings. The molecule has 0 saturated carbocycles. The number of likely N-dealkylation sites (N-methyl/N-ethyl adjacent to an activating group) is 1. The molecule has 7 nitrogen and oxygen atoms in total. The van der Waals surface area contributed by atoms with Gasteiger partial charge in [-0.2, -0.15) is 8.78 Å². The van der Waals surface area contributed by atoms with Crippen LogP contribution < -0.4 is 20.1 Å². The first-order valence-electron chi connectivity index (χ1n) is 9.93. The molecule has 0 aromatic heterocycles. The maximum atomic E-state index is 12.7. The minimum Gasteiger partial charge on any atom is -0.493 e. The molecule has 1 amide bonds. The highest BCUT2D eigenvalue weighted by molar-refractivity contribution is 14.0. The topological polar surface area (TPSA) is 75.2 Å². The van der Waals surface area contributed by atoms with E-state index in [-0.39, 0.29) is 54.8 Å². The fourth-order valence-electron chi connectivity index (χ4n) is 3.14. The molecule has 2 aromatic rings. The van der Waals surface area contributed by atoms with Gasteiger partial charge in [-0.05, 0) is 12.1 Å². The van der Waals surface area contributed by atoms with Gasteiger partial charge < -0.3 is 25.0 Å². The lowest BCUT2D eigenvalue weighted by molar-refractivity contribution is -0.127. The van der Waals surface area contributed by atoms with Crippen LogP contribution in [0.25, 0.3) is 0 Å². The van der Waals surface area contributed by atoms with Crippen molar-refractivity contribution in [2.24, 2.45) is 4.99 Å². The molecule has 1 unspecified atom stereocenters. The Morgan fingerprint density at radius 1 is 1.22 bits per heavy atom. The Morgan fingerprint density at radius 2 is 1.94 bits per heavy atom. The van der Waals surface area contributed by atoms with Crippen molar-refractivity contribution in [1.82, 2.24) is 15.5 Å². The van der Waals surface area contributed by atoms with E-state index in [1.54, 1.807) is 32.3 Å². The quantitative estimate of drug-likeness (QED) is 0.308. The van der Waals surface area contributed by atoms with Crippen LogP contribution in [0, 0.1) is 0 Å². The summed E-state index contributed by atoms with van der Waals surface area (Å²) >= 11 is 0. The highest BCUT2D eigenvalue weighted by atomic mass is 127. The first-order valence-corrected chi connectivity index (χ1v) is 9.93. The molecule has 3 rings (SSSR count). The maximum Gasteiger partial charge on any atom is 0.387 e. The molecule has 2 aromatic carbocycles. The average Bonchev–Trinajstić information content (AvgIpc) is 2.76. The Bertz CT molecular complexity index is 928. The highest BCUT2D eigenvalue weighted by Gasteiger charge is 2.22. The molecule has 1 heterocycles. The second-order valence-corrected chi connectivity index (χ2v) is 7.16. The summed E-state index contributed by atoms with van der Waals surface area (Å²) in [5.41, 5.74) is 1.50. The van der Waals surface area contributed by atoms with Crippen molar-refractivity contribution in [3.8, 4) is 11.5 Å². The molecule has 0 saturated heterocycles. The number of halogens is 3. The van der Waals surface area contributed by atoms with Crippen LogP contribution in [0.1, 0.15) is 23.6 Å². The van der Waals surface area contributed by atoms with Crippen LogP contribution in [-0.4, -0.2) is 50.6 Å². The molecule has 0 aliphatic carbocycles. The van der Waals surface area contributed by atoms with E-state index in [4.69, 9.17) is 4.74 Å². The number of para-hydroxylation sites is 2. The number of rotatable bonds is 7. The van der Waals surface area contributed by atoms with E-state index in [9.17, 15) is 13.6 Å². The lowest BCUT2D eigenvalue weighted by atomic mass is 10.0. The number of amides is 1. The van der Waals surface area contributed by atoms with Crippen LogP contribution in [-0.2, 0) is 11.3 Å². The lowest BCUT2D eigenvalue weighted by Crippen LogP contribution is -2.45. The van der Waals surface area contributed by atoms with Crippen molar-refractivity contribution in [3.05, 3.63) is 59.7 Å². The number of guanidine groups is 1. The summed E-state index contributed by atoms with van der Waals surface area (Å²) in [4.78, 5) is 18.0. The number of hydrogen-bond donors (Lipinski definition) is 2. The number of nitrogens with one attached hydrogen (secondary N) is 2. The van der Waals surface area contributed by atoms with Gasteiger partial charge in [0, 0.05) is 31.6 Å². The number of ether oxygens (including phenoxy) is 2. The Hall–Kier alpha value is -2.63. The predicted molar refractivity (Wildman–Crippen MR) is 129 cm³/mol. The van der Waals surface area contributed by atoms with Crippen molar-refractivity contribution in [2.75, 3.05) is 27.2 Å². The first kappa shape index (κ1) is 25.6. The fourth-order valence-corrected chi connectivity index (χ4v) is 3.14. The van der Waals surface area contributed by atoms with E-state index in [2.05, 4.69) is 20.4 Å². The van der Waals surface area contributed by atoms with Crippen LogP contribution in [0.2, 0.25) is 0 Å². The summed E-state index contributed by atoms with van der Waals surface area (Å²) in [6.07, 6.45) is 0.713. The number of carbonyl (C=O) groups is 1. The SMILES string of the molecule is CN(C)C(=O)CNC(=NCc1ccccc1OC(F)F)NC1CCOc2ccccc21.I. The molecule has 0 radical (unpaired) electrons. The van der Waals surface area contributed by atoms with Crippen LogP contribution in [0.15, 0.2) is 53.5 Å². The summed E-state index contributed by atoms with van der Waals surface area (Å²) in [5, 5.41) is 6.36. The second-order valence-electron chi connectivity index (χ2n) is 7.16. The first-order chi connectivity index (χ1) is 14.9. The third-order valence-corrected chi connectivity index (χ3v) is 4.77. The van der Waals surface area contributed by atoms with E-state index in [0.29, 0.717) is 24.6 Å². The Balaban J connectivity index is 0.00000363. The van der Waals surface area contributed by atoms with Crippen LogP contribution in [0.3, 0.4) is 0 Å². The minimum atomic E-state index is -2.92. The smallest absolute Gasteiger partial charge is 0.387 e. The van der Waals surface area contributed by atoms with Crippen LogP contribution in [0.5, 0.6) is 11.5 Å². The zero-order valence-electron chi connectivity index (χ0n) is 17.9. The standard InChI is InChI=1S/C22H26F2N4O3.HI/c1-28(2)20(29)14-26-22(25-13-15-7-3-5-9-18(15)31-21(23)24)27-17-11-12-30-19-10-6-4-8-16(17)19;/h3-10,17,21H,11-14H2,1-2H3,(H2,25,26,27);1H. The zero-order chi connectivity index (χ0) is 22.2. The number of carbonyl (C=O) groups excluding carboxylic acids is 1. The summed E-state index contributed by atoms with van der Waals surface area (Å²) in [5.74, 6) is 1.14. The number of aliphatic imine (C=N–C) groups is 1. The Labute approximate surface area is 203 Å². The van der Waals surface area contributed by atoms with E-state index in [1.807, 2.05) is 24.3 Å². The van der Waals surface area contributed by atoms with Crippen LogP contribution in [0.4, 0.5) is 8.78 Å². The van der Waals surface area contributed by atoms with Gasteiger partial charge in [-0.1, -0.05) is 36.4 Å². The van der Waals surface area contributed by atoms with E-state index in [0.717, 1.165) is 11.3 Å². The fraction of sp³-hybridized carbons (Fsp3) is 0.364. The number of nitrogens with zero attached hydrogens (tertiary/aromatic N) is 2. The van der Waals surface area contributed by atoms with Crippen molar-refractivity contribution in [2.45, 2.75) is 25.6 Å². The summed E-state index contributed by atoms with van der Waals surface area (Å²) < 4.78 is 35.7. The van der Waals surface area contributed by atoms with Crippen molar-refractivity contribution in [1.29, 1.82) is 0 Å². The number of hydrogen-bond acceptors (Lipinski definition) is 4. The van der Waals surface area contributed by atoms with E-state index < -0.39 is 6.61 Å². The zero-order valence-corrected chi connectivity index (χ0v) is 20.2. The van der Waals surface area contributed by atoms with Gasteiger partial charge in [-0.3, -0.25) is 4.79 Å². The highest BCUT2D eigenvalue weighted by Crippen LogP contribution is 2.31. The molecular weight excluding hydrogens is 533 g/mol. The molecule has 2 N–H and O–H groups in total. The lowest BCUT2D eigenvalue weighted by Gasteiger charge is -2.28. The normalized spacial score (nSPS) is 15.2. The second kappa shape index (κ2) is 12.4. The number of benzene rings is 2. The average molecular weight is 560 g/mol. The summed E-state index contributed by atoms with van der Waals surface area (Å²) in [6, 6.07) is 14.1. The van der Waals surface area contributed by atoms with Gasteiger partial charge in [-0.15, -0.1) is 24.0 Å². The molecule has 10 heteroatoms. The van der Waals surface area contributed by atoms with Gasteiger partial charge in [0.1, 0.15) is 11.5 Å². The molecule has 1 aliphatic heterocycles. The monoisotopic (exact) mass is 560 g/mol. The van der Waals surface area contributed by atoms with Gasteiger partial charge in [0.25, 0.3) is 0 Å².